The average molecular weight is 398 g/mol. The van der Waals surface area contributed by atoms with Crippen LogP contribution in [0.25, 0.3) is 17.1 Å². The highest BCUT2D eigenvalue weighted by Crippen LogP contribution is 2.15. The zero-order valence-electron chi connectivity index (χ0n) is 16.7. The summed E-state index contributed by atoms with van der Waals surface area (Å²) in [6, 6.07) is 19.3. The molecule has 1 N–H and O–H groups in total. The fraction of sp³-hybridized carbons (Fsp3) is 0.125. The molecule has 0 unspecified atom stereocenters. The number of carbonyl (C=O) groups is 1. The lowest BCUT2D eigenvalue weighted by Gasteiger charge is -2.06. The summed E-state index contributed by atoms with van der Waals surface area (Å²) in [4.78, 5) is 20.8. The SMILES string of the molecule is Cn1c(CNC(=O)C=Cc2ccc(OCc3cccnc3)cc2)nc2ccccc21. The van der Waals surface area contributed by atoms with Gasteiger partial charge in [0.25, 0.3) is 0 Å². The van der Waals surface area contributed by atoms with Crippen LogP contribution in [0.3, 0.4) is 0 Å². The van der Waals surface area contributed by atoms with Crippen LogP contribution in [-0.4, -0.2) is 20.4 Å². The molecule has 0 aliphatic carbocycles. The van der Waals surface area contributed by atoms with E-state index < -0.39 is 0 Å². The number of nitrogens with one attached hydrogen (secondary N) is 1. The van der Waals surface area contributed by atoms with E-state index in [-0.39, 0.29) is 5.91 Å². The van der Waals surface area contributed by atoms with E-state index in [0.29, 0.717) is 13.2 Å². The van der Waals surface area contributed by atoms with Gasteiger partial charge in [-0.05, 0) is 42.0 Å². The Morgan fingerprint density at radius 3 is 2.70 bits per heavy atom. The van der Waals surface area contributed by atoms with Gasteiger partial charge in [-0.15, -0.1) is 0 Å². The molecule has 4 rings (SSSR count). The highest BCUT2D eigenvalue weighted by molar-refractivity contribution is 5.91. The quantitative estimate of drug-likeness (QED) is 0.480. The fourth-order valence-electron chi connectivity index (χ4n) is 3.08. The Hall–Kier alpha value is -3.93. The van der Waals surface area contributed by atoms with Crippen molar-refractivity contribution in [1.82, 2.24) is 19.9 Å². The van der Waals surface area contributed by atoms with Gasteiger partial charge in [0.05, 0.1) is 17.6 Å². The zero-order valence-corrected chi connectivity index (χ0v) is 16.7. The van der Waals surface area contributed by atoms with Crippen LogP contribution < -0.4 is 10.1 Å². The third-order valence-electron chi connectivity index (χ3n) is 4.74. The average Bonchev–Trinajstić information content (AvgIpc) is 3.12. The van der Waals surface area contributed by atoms with Gasteiger partial charge in [-0.2, -0.15) is 0 Å². The van der Waals surface area contributed by atoms with E-state index in [1.807, 2.05) is 72.3 Å². The van der Waals surface area contributed by atoms with Gasteiger partial charge in [0, 0.05) is 31.1 Å². The van der Waals surface area contributed by atoms with Crippen molar-refractivity contribution in [2.45, 2.75) is 13.2 Å². The molecule has 0 aliphatic heterocycles. The maximum absolute atomic E-state index is 12.2. The summed E-state index contributed by atoms with van der Waals surface area (Å²) in [6.07, 6.45) is 6.81. The number of fused-ring (bicyclic) bond motifs is 1. The van der Waals surface area contributed by atoms with Gasteiger partial charge < -0.3 is 14.6 Å². The van der Waals surface area contributed by atoms with Crippen LogP contribution in [0.1, 0.15) is 17.0 Å². The Kier molecular flexibility index (Phi) is 5.85. The van der Waals surface area contributed by atoms with Crippen LogP contribution in [0, 0.1) is 0 Å². The van der Waals surface area contributed by atoms with Gasteiger partial charge in [0.1, 0.15) is 18.2 Å². The molecule has 1 amide bonds. The second kappa shape index (κ2) is 9.05. The number of pyridine rings is 1. The molecule has 0 radical (unpaired) electrons. The second-order valence-corrected chi connectivity index (χ2v) is 6.85. The van der Waals surface area contributed by atoms with E-state index in [0.717, 1.165) is 33.7 Å². The van der Waals surface area contributed by atoms with E-state index in [9.17, 15) is 4.79 Å². The molecule has 0 bridgehead atoms. The van der Waals surface area contributed by atoms with Crippen molar-refractivity contribution in [3.8, 4) is 5.75 Å². The van der Waals surface area contributed by atoms with Crippen molar-refractivity contribution in [2.24, 2.45) is 7.05 Å². The van der Waals surface area contributed by atoms with Crippen molar-refractivity contribution in [3.05, 3.63) is 96.1 Å². The largest absolute Gasteiger partial charge is 0.489 e. The van der Waals surface area contributed by atoms with Crippen molar-refractivity contribution in [3.63, 3.8) is 0 Å². The predicted octanol–water partition coefficient (Wildman–Crippen LogP) is 3.88. The van der Waals surface area contributed by atoms with Crippen molar-refractivity contribution >= 4 is 23.0 Å². The molecule has 0 aliphatic rings. The summed E-state index contributed by atoms with van der Waals surface area (Å²) < 4.78 is 7.73. The first kappa shape index (κ1) is 19.4. The Morgan fingerprint density at radius 1 is 1.10 bits per heavy atom. The second-order valence-electron chi connectivity index (χ2n) is 6.85. The van der Waals surface area contributed by atoms with E-state index >= 15 is 0 Å². The number of ether oxygens (including phenoxy) is 1. The summed E-state index contributed by atoms with van der Waals surface area (Å²) in [5.74, 6) is 1.41. The maximum Gasteiger partial charge on any atom is 0.244 e. The first-order chi connectivity index (χ1) is 14.7. The lowest BCUT2D eigenvalue weighted by molar-refractivity contribution is -0.116. The molecule has 2 aromatic carbocycles. The molecule has 6 heteroatoms. The number of rotatable bonds is 7. The number of hydrogen-bond acceptors (Lipinski definition) is 4. The number of para-hydroxylation sites is 2. The topological polar surface area (TPSA) is 69.0 Å². The summed E-state index contributed by atoms with van der Waals surface area (Å²) in [7, 11) is 1.95. The summed E-state index contributed by atoms with van der Waals surface area (Å²) >= 11 is 0. The molecular formula is C24H22N4O2. The van der Waals surface area contributed by atoms with Gasteiger partial charge in [0.2, 0.25) is 5.91 Å². The minimum Gasteiger partial charge on any atom is -0.489 e. The molecule has 150 valence electrons. The number of benzene rings is 2. The third-order valence-corrected chi connectivity index (χ3v) is 4.74. The van der Waals surface area contributed by atoms with Crippen LogP contribution >= 0.6 is 0 Å². The van der Waals surface area contributed by atoms with E-state index in [4.69, 9.17) is 4.74 Å². The number of aromatic nitrogens is 3. The van der Waals surface area contributed by atoms with E-state index in [1.54, 1.807) is 18.5 Å². The maximum atomic E-state index is 12.2. The summed E-state index contributed by atoms with van der Waals surface area (Å²) in [6.45, 7) is 0.836. The lowest BCUT2D eigenvalue weighted by Crippen LogP contribution is -2.22. The summed E-state index contributed by atoms with van der Waals surface area (Å²) in [5, 5.41) is 2.88. The van der Waals surface area contributed by atoms with Gasteiger partial charge in [-0.25, -0.2) is 4.98 Å². The molecule has 2 aromatic heterocycles. The van der Waals surface area contributed by atoms with Crippen molar-refractivity contribution in [2.75, 3.05) is 0 Å². The van der Waals surface area contributed by atoms with Crippen molar-refractivity contribution in [1.29, 1.82) is 0 Å². The minimum absolute atomic E-state index is 0.168. The Labute approximate surface area is 174 Å². The monoisotopic (exact) mass is 398 g/mol. The number of imidazole rings is 1. The van der Waals surface area contributed by atoms with Crippen LogP contribution in [0.15, 0.2) is 79.1 Å². The van der Waals surface area contributed by atoms with Crippen LogP contribution in [0.2, 0.25) is 0 Å². The Balaban J connectivity index is 1.29. The Bertz CT molecular complexity index is 1170. The zero-order chi connectivity index (χ0) is 20.8. The van der Waals surface area contributed by atoms with Crippen molar-refractivity contribution < 1.29 is 9.53 Å². The molecule has 30 heavy (non-hydrogen) atoms. The highest BCUT2D eigenvalue weighted by Gasteiger charge is 2.07. The number of hydrogen-bond donors (Lipinski definition) is 1. The normalized spacial score (nSPS) is 11.1. The summed E-state index contributed by atoms with van der Waals surface area (Å²) in [5.41, 5.74) is 3.90. The standard InChI is InChI=1S/C24H22N4O2/c1-28-22-7-3-2-6-21(22)27-23(28)16-26-24(29)13-10-18-8-11-20(12-9-18)30-17-19-5-4-14-25-15-19/h2-15H,16-17H2,1H3,(H,26,29). The molecule has 0 fully saturated rings. The van der Waals surface area contributed by atoms with Gasteiger partial charge >= 0.3 is 0 Å². The number of aryl methyl sites for hydroxylation is 1. The first-order valence-electron chi connectivity index (χ1n) is 9.67. The van der Waals surface area contributed by atoms with Gasteiger partial charge in [0.15, 0.2) is 0 Å². The molecule has 0 atom stereocenters. The number of amides is 1. The molecule has 0 saturated carbocycles. The molecule has 0 saturated heterocycles. The highest BCUT2D eigenvalue weighted by atomic mass is 16.5. The minimum atomic E-state index is -0.168. The van der Waals surface area contributed by atoms with Crippen LogP contribution in [0.4, 0.5) is 0 Å². The first-order valence-corrected chi connectivity index (χ1v) is 9.67. The predicted molar refractivity (Wildman–Crippen MR) is 117 cm³/mol. The molecule has 6 nitrogen and oxygen atoms in total. The van der Waals surface area contributed by atoms with Crippen LogP contribution in [0.5, 0.6) is 5.75 Å². The fourth-order valence-corrected chi connectivity index (χ4v) is 3.08. The molecule has 2 heterocycles. The smallest absolute Gasteiger partial charge is 0.244 e. The molecule has 4 aromatic rings. The Morgan fingerprint density at radius 2 is 1.93 bits per heavy atom. The van der Waals surface area contributed by atoms with E-state index in [1.165, 1.54) is 6.08 Å². The number of nitrogens with zero attached hydrogens (tertiary/aromatic N) is 3. The van der Waals surface area contributed by atoms with E-state index in [2.05, 4.69) is 15.3 Å². The third kappa shape index (κ3) is 4.72. The lowest BCUT2D eigenvalue weighted by atomic mass is 10.2. The molecular weight excluding hydrogens is 376 g/mol. The number of carbonyl (C=O) groups excluding carboxylic acids is 1. The molecule has 0 spiro atoms. The van der Waals surface area contributed by atoms with Crippen LogP contribution in [-0.2, 0) is 25.0 Å². The van der Waals surface area contributed by atoms with Gasteiger partial charge in [-0.3, -0.25) is 9.78 Å². The van der Waals surface area contributed by atoms with Gasteiger partial charge in [-0.1, -0.05) is 30.3 Å².